The molecule has 8 heteroatoms. The van der Waals surface area contributed by atoms with Crippen LogP contribution in [0.25, 0.3) is 5.69 Å². The molecule has 0 saturated carbocycles. The molecular formula is C26H29N7O. The Hall–Kier alpha value is -3.94. The van der Waals surface area contributed by atoms with Crippen molar-refractivity contribution in [2.45, 2.75) is 44.8 Å². The Kier molecular flexibility index (Phi) is 6.12. The number of amides is 2. The van der Waals surface area contributed by atoms with E-state index in [1.165, 1.54) is 17.6 Å². The summed E-state index contributed by atoms with van der Waals surface area (Å²) < 4.78 is 3.79. The van der Waals surface area contributed by atoms with E-state index in [1.807, 2.05) is 62.6 Å². The molecule has 0 bridgehead atoms. The normalized spacial score (nSPS) is 16.0. The zero-order valence-corrected chi connectivity index (χ0v) is 19.5. The molecule has 2 heterocycles. The van der Waals surface area contributed by atoms with Crippen LogP contribution < -0.4 is 5.32 Å². The van der Waals surface area contributed by atoms with Crippen LogP contribution in [-0.2, 0) is 13.0 Å². The molecule has 0 fully saturated rings. The van der Waals surface area contributed by atoms with E-state index in [0.717, 1.165) is 42.6 Å². The van der Waals surface area contributed by atoms with Crippen molar-refractivity contribution in [1.29, 1.82) is 0 Å². The summed E-state index contributed by atoms with van der Waals surface area (Å²) in [6.07, 6.45) is 8.04. The summed E-state index contributed by atoms with van der Waals surface area (Å²) in [5.74, 6) is 0. The average Bonchev–Trinajstić information content (AvgIpc) is 3.55. The minimum absolute atomic E-state index is 0.0230. The topological polar surface area (TPSA) is 80.9 Å². The number of aromatic nitrogens is 5. The Morgan fingerprint density at radius 1 is 1.15 bits per heavy atom. The largest absolute Gasteiger partial charge is 0.331 e. The van der Waals surface area contributed by atoms with Crippen molar-refractivity contribution in [2.24, 2.45) is 0 Å². The van der Waals surface area contributed by atoms with Crippen molar-refractivity contribution in [1.82, 2.24) is 34.8 Å². The Balaban J connectivity index is 1.25. The van der Waals surface area contributed by atoms with Gasteiger partial charge in [0.1, 0.15) is 12.7 Å². The van der Waals surface area contributed by atoms with E-state index >= 15 is 0 Å². The lowest BCUT2D eigenvalue weighted by Gasteiger charge is -2.30. The predicted octanol–water partition coefficient (Wildman–Crippen LogP) is 4.29. The van der Waals surface area contributed by atoms with Gasteiger partial charge in [-0.1, -0.05) is 42.5 Å². The van der Waals surface area contributed by atoms with Crippen LogP contribution in [0, 0.1) is 0 Å². The maximum absolute atomic E-state index is 13.2. The Labute approximate surface area is 199 Å². The highest BCUT2D eigenvalue weighted by Gasteiger charge is 2.27. The van der Waals surface area contributed by atoms with E-state index in [1.54, 1.807) is 15.9 Å². The van der Waals surface area contributed by atoms with Crippen LogP contribution in [0.3, 0.4) is 0 Å². The first-order valence-electron chi connectivity index (χ1n) is 11.7. The third kappa shape index (κ3) is 4.44. The van der Waals surface area contributed by atoms with Gasteiger partial charge in [-0.2, -0.15) is 10.2 Å². The number of rotatable bonds is 6. The number of hydrogen-bond donors (Lipinski definition) is 1. The third-order valence-corrected chi connectivity index (χ3v) is 6.70. The highest BCUT2D eigenvalue weighted by molar-refractivity contribution is 5.75. The minimum Gasteiger partial charge on any atom is -0.331 e. The van der Waals surface area contributed by atoms with Gasteiger partial charge in [-0.15, -0.1) is 0 Å². The molecule has 1 aliphatic rings. The standard InChI is InChI=1S/C26H29N7O/c1-19(21-11-13-22(14-12-21)33-18-27-17-29-33)31(2)26(34)30-24-9-6-10-25-23(24)15-28-32(25)16-20-7-4-3-5-8-20/h3-5,7-8,11-15,17-19,24H,6,9-10,16H2,1-2H3,(H,30,34). The smallest absolute Gasteiger partial charge is 0.318 e. The zero-order chi connectivity index (χ0) is 23.5. The molecular weight excluding hydrogens is 426 g/mol. The summed E-state index contributed by atoms with van der Waals surface area (Å²) >= 11 is 0. The van der Waals surface area contributed by atoms with E-state index in [2.05, 4.69) is 37.3 Å². The number of carbonyl (C=O) groups is 1. The second kappa shape index (κ2) is 9.51. The number of hydrogen-bond acceptors (Lipinski definition) is 4. The van der Waals surface area contributed by atoms with Crippen molar-refractivity contribution in [3.8, 4) is 5.69 Å². The molecule has 174 valence electrons. The quantitative estimate of drug-likeness (QED) is 0.470. The monoisotopic (exact) mass is 455 g/mol. The zero-order valence-electron chi connectivity index (χ0n) is 19.5. The van der Waals surface area contributed by atoms with Crippen LogP contribution in [0.1, 0.15) is 54.2 Å². The lowest BCUT2D eigenvalue weighted by Crippen LogP contribution is -2.41. The number of urea groups is 1. The summed E-state index contributed by atoms with van der Waals surface area (Å²) in [7, 11) is 1.84. The van der Waals surface area contributed by atoms with Crippen molar-refractivity contribution in [2.75, 3.05) is 7.05 Å². The van der Waals surface area contributed by atoms with E-state index in [-0.39, 0.29) is 18.1 Å². The van der Waals surface area contributed by atoms with Crippen LogP contribution in [0.5, 0.6) is 0 Å². The first kappa shape index (κ1) is 21.9. The first-order chi connectivity index (χ1) is 16.6. The summed E-state index contributed by atoms with van der Waals surface area (Å²) in [5, 5.41) is 12.1. The van der Waals surface area contributed by atoms with Gasteiger partial charge in [-0.25, -0.2) is 14.5 Å². The highest BCUT2D eigenvalue weighted by Crippen LogP contribution is 2.30. The van der Waals surface area contributed by atoms with Gasteiger partial charge in [0, 0.05) is 18.3 Å². The van der Waals surface area contributed by atoms with E-state index in [0.29, 0.717) is 0 Å². The fourth-order valence-electron chi connectivity index (χ4n) is 4.56. The van der Waals surface area contributed by atoms with E-state index in [4.69, 9.17) is 0 Å². The minimum atomic E-state index is -0.0819. The number of nitrogens with zero attached hydrogens (tertiary/aromatic N) is 6. The molecule has 1 N–H and O–H groups in total. The molecule has 2 aromatic heterocycles. The Morgan fingerprint density at radius 2 is 1.94 bits per heavy atom. The maximum Gasteiger partial charge on any atom is 0.318 e. The molecule has 1 aliphatic carbocycles. The van der Waals surface area contributed by atoms with Crippen LogP contribution in [0.4, 0.5) is 4.79 Å². The first-order valence-corrected chi connectivity index (χ1v) is 11.7. The predicted molar refractivity (Wildman–Crippen MR) is 130 cm³/mol. The number of benzene rings is 2. The Morgan fingerprint density at radius 3 is 2.68 bits per heavy atom. The molecule has 5 rings (SSSR count). The molecule has 0 radical (unpaired) electrons. The molecule has 2 atom stereocenters. The van der Waals surface area contributed by atoms with Gasteiger partial charge in [0.05, 0.1) is 30.5 Å². The van der Waals surface area contributed by atoms with E-state index < -0.39 is 0 Å². The summed E-state index contributed by atoms with van der Waals surface area (Å²) in [5.41, 5.74) is 5.57. The fraction of sp³-hybridized carbons (Fsp3) is 0.308. The summed E-state index contributed by atoms with van der Waals surface area (Å²) in [4.78, 5) is 18.9. The van der Waals surface area contributed by atoms with Crippen molar-refractivity contribution in [3.63, 3.8) is 0 Å². The molecule has 0 aliphatic heterocycles. The van der Waals surface area contributed by atoms with Gasteiger partial charge in [-0.3, -0.25) is 4.68 Å². The van der Waals surface area contributed by atoms with Crippen molar-refractivity contribution >= 4 is 6.03 Å². The molecule has 34 heavy (non-hydrogen) atoms. The number of fused-ring (bicyclic) bond motifs is 1. The maximum atomic E-state index is 13.2. The summed E-state index contributed by atoms with van der Waals surface area (Å²) in [6, 6.07) is 18.2. The van der Waals surface area contributed by atoms with Gasteiger partial charge in [-0.05, 0) is 49.4 Å². The molecule has 8 nitrogen and oxygen atoms in total. The molecule has 4 aromatic rings. The van der Waals surface area contributed by atoms with Gasteiger partial charge in [0.15, 0.2) is 0 Å². The second-order valence-corrected chi connectivity index (χ2v) is 8.80. The molecule has 2 aromatic carbocycles. The van der Waals surface area contributed by atoms with Gasteiger partial charge < -0.3 is 10.2 Å². The Bertz CT molecular complexity index is 1230. The van der Waals surface area contributed by atoms with Gasteiger partial charge in [0.25, 0.3) is 0 Å². The number of nitrogens with one attached hydrogen (secondary N) is 1. The fourth-order valence-corrected chi connectivity index (χ4v) is 4.56. The van der Waals surface area contributed by atoms with Crippen LogP contribution >= 0.6 is 0 Å². The van der Waals surface area contributed by atoms with E-state index in [9.17, 15) is 4.79 Å². The molecule has 2 unspecified atom stereocenters. The average molecular weight is 456 g/mol. The molecule has 0 spiro atoms. The molecule has 0 saturated heterocycles. The second-order valence-electron chi connectivity index (χ2n) is 8.80. The third-order valence-electron chi connectivity index (χ3n) is 6.70. The lowest BCUT2D eigenvalue weighted by atomic mass is 9.93. The number of carbonyl (C=O) groups excluding carboxylic acids is 1. The summed E-state index contributed by atoms with van der Waals surface area (Å²) in [6.45, 7) is 2.78. The van der Waals surface area contributed by atoms with Gasteiger partial charge in [0.2, 0.25) is 0 Å². The van der Waals surface area contributed by atoms with Crippen molar-refractivity contribution < 1.29 is 4.79 Å². The van der Waals surface area contributed by atoms with Crippen LogP contribution in [0.2, 0.25) is 0 Å². The highest BCUT2D eigenvalue weighted by atomic mass is 16.2. The van der Waals surface area contributed by atoms with Crippen LogP contribution in [0.15, 0.2) is 73.4 Å². The SMILES string of the molecule is CC(c1ccc(-n2cncn2)cc1)N(C)C(=O)NC1CCCc2c1cnn2Cc1ccccc1. The van der Waals surface area contributed by atoms with Crippen molar-refractivity contribution in [3.05, 3.63) is 95.8 Å². The lowest BCUT2D eigenvalue weighted by molar-refractivity contribution is 0.189. The van der Waals surface area contributed by atoms with Gasteiger partial charge >= 0.3 is 6.03 Å². The van der Waals surface area contributed by atoms with Crippen LogP contribution in [-0.4, -0.2) is 42.5 Å². The molecule has 2 amide bonds.